The number of aromatic nitrogens is 1. The quantitative estimate of drug-likeness (QED) is 0.802. The first-order valence-electron chi connectivity index (χ1n) is 5.66. The van der Waals surface area contributed by atoms with Crippen molar-refractivity contribution in [3.8, 4) is 0 Å². The van der Waals surface area contributed by atoms with Crippen LogP contribution in [0.2, 0.25) is 5.02 Å². The smallest absolute Gasteiger partial charge is 0.200 e. The van der Waals surface area contributed by atoms with Crippen molar-refractivity contribution in [1.82, 2.24) is 4.98 Å². The predicted octanol–water partition coefficient (Wildman–Crippen LogP) is 3.41. The maximum Gasteiger partial charge on any atom is 0.200 e. The van der Waals surface area contributed by atoms with E-state index in [0.29, 0.717) is 15.9 Å². The predicted molar refractivity (Wildman–Crippen MR) is 73.4 cm³/mol. The van der Waals surface area contributed by atoms with Crippen LogP contribution in [-0.4, -0.2) is 10.8 Å². The van der Waals surface area contributed by atoms with E-state index >= 15 is 0 Å². The molecule has 0 saturated heterocycles. The summed E-state index contributed by atoms with van der Waals surface area (Å²) in [5.41, 5.74) is -0.00232. The summed E-state index contributed by atoms with van der Waals surface area (Å²) in [7, 11) is 0. The van der Waals surface area contributed by atoms with E-state index in [1.165, 1.54) is 6.20 Å². The third-order valence-electron chi connectivity index (χ3n) is 2.77. The zero-order chi connectivity index (χ0) is 13.5. The number of aromatic amines is 1. The van der Waals surface area contributed by atoms with Gasteiger partial charge in [0.15, 0.2) is 11.2 Å². The van der Waals surface area contributed by atoms with Gasteiger partial charge in [0.2, 0.25) is 0 Å². The summed E-state index contributed by atoms with van der Waals surface area (Å²) >= 11 is 5.87. The Hall–Kier alpha value is -1.61. The lowest BCUT2D eigenvalue weighted by Gasteiger charge is -2.16. The van der Waals surface area contributed by atoms with Crippen LogP contribution < -0.4 is 5.43 Å². The van der Waals surface area contributed by atoms with E-state index in [0.717, 1.165) is 0 Å². The number of pyridine rings is 1. The summed E-state index contributed by atoms with van der Waals surface area (Å²) < 4.78 is 0. The van der Waals surface area contributed by atoms with Crippen LogP contribution >= 0.6 is 11.6 Å². The highest BCUT2D eigenvalue weighted by atomic mass is 35.5. The third kappa shape index (κ3) is 2.18. The molecule has 3 nitrogen and oxygen atoms in total. The second-order valence-electron chi connectivity index (χ2n) is 5.30. The first-order valence-corrected chi connectivity index (χ1v) is 6.04. The lowest BCUT2D eigenvalue weighted by atomic mass is 9.86. The number of benzene rings is 1. The monoisotopic (exact) mass is 263 g/mol. The zero-order valence-electron chi connectivity index (χ0n) is 10.5. The number of ketones is 1. The van der Waals surface area contributed by atoms with Crippen molar-refractivity contribution in [3.05, 3.63) is 45.2 Å². The molecule has 0 spiro atoms. The number of rotatable bonds is 1. The van der Waals surface area contributed by atoms with Crippen LogP contribution in [0.1, 0.15) is 31.1 Å². The molecule has 1 aromatic carbocycles. The second-order valence-corrected chi connectivity index (χ2v) is 5.74. The zero-order valence-corrected chi connectivity index (χ0v) is 11.3. The number of H-pyrrole nitrogens is 1. The first-order chi connectivity index (χ1) is 8.30. The highest BCUT2D eigenvalue weighted by Gasteiger charge is 2.25. The van der Waals surface area contributed by atoms with Crippen LogP contribution in [0.15, 0.2) is 29.2 Å². The number of fused-ring (bicyclic) bond motifs is 1. The minimum absolute atomic E-state index is 0.175. The maximum atomic E-state index is 12.3. The van der Waals surface area contributed by atoms with Gasteiger partial charge >= 0.3 is 0 Å². The van der Waals surface area contributed by atoms with Crippen LogP contribution in [-0.2, 0) is 0 Å². The van der Waals surface area contributed by atoms with E-state index in [-0.39, 0.29) is 16.8 Å². The average Bonchev–Trinajstić information content (AvgIpc) is 2.28. The van der Waals surface area contributed by atoms with Gasteiger partial charge in [-0.2, -0.15) is 0 Å². The minimum atomic E-state index is -0.584. The molecule has 94 valence electrons. The molecule has 0 amide bonds. The van der Waals surface area contributed by atoms with Crippen LogP contribution in [0.5, 0.6) is 0 Å². The lowest BCUT2D eigenvalue weighted by Crippen LogP contribution is -2.26. The third-order valence-corrected chi connectivity index (χ3v) is 3.00. The Bertz CT molecular complexity index is 680. The molecule has 0 aliphatic carbocycles. The Labute approximate surface area is 110 Å². The van der Waals surface area contributed by atoms with Crippen molar-refractivity contribution in [1.29, 1.82) is 0 Å². The topological polar surface area (TPSA) is 49.9 Å². The average molecular weight is 264 g/mol. The Morgan fingerprint density at radius 3 is 2.56 bits per heavy atom. The summed E-state index contributed by atoms with van der Waals surface area (Å²) in [6.07, 6.45) is 1.48. The van der Waals surface area contributed by atoms with E-state index in [4.69, 9.17) is 11.6 Å². The van der Waals surface area contributed by atoms with Crippen molar-refractivity contribution < 1.29 is 4.79 Å². The largest absolute Gasteiger partial charge is 0.360 e. The fourth-order valence-electron chi connectivity index (χ4n) is 1.76. The van der Waals surface area contributed by atoms with E-state index < -0.39 is 5.41 Å². The molecule has 2 rings (SSSR count). The van der Waals surface area contributed by atoms with Gasteiger partial charge in [-0.15, -0.1) is 0 Å². The molecule has 0 aliphatic heterocycles. The number of hydrogen-bond donors (Lipinski definition) is 1. The van der Waals surface area contributed by atoms with Gasteiger partial charge < -0.3 is 4.98 Å². The van der Waals surface area contributed by atoms with Gasteiger partial charge in [-0.1, -0.05) is 32.4 Å². The summed E-state index contributed by atoms with van der Waals surface area (Å²) in [4.78, 5) is 27.4. The molecule has 18 heavy (non-hydrogen) atoms. The van der Waals surface area contributed by atoms with Crippen LogP contribution in [0, 0.1) is 5.41 Å². The van der Waals surface area contributed by atoms with Gasteiger partial charge in [0.05, 0.1) is 5.56 Å². The first kappa shape index (κ1) is 12.8. The van der Waals surface area contributed by atoms with E-state index in [9.17, 15) is 9.59 Å². The number of halogens is 1. The molecule has 2 aromatic rings. The Morgan fingerprint density at radius 1 is 1.28 bits per heavy atom. The van der Waals surface area contributed by atoms with Gasteiger partial charge in [0.25, 0.3) is 0 Å². The summed E-state index contributed by atoms with van der Waals surface area (Å²) in [5, 5.41) is 0.922. The molecule has 1 heterocycles. The molecule has 1 N–H and O–H groups in total. The van der Waals surface area contributed by atoms with E-state index in [1.54, 1.807) is 39.0 Å². The number of carbonyl (C=O) groups is 1. The SMILES string of the molecule is CC(C)(C)C(=O)c1c[nH]c2ccc(Cl)cc2c1=O. The highest BCUT2D eigenvalue weighted by molar-refractivity contribution is 6.31. The molecule has 0 bridgehead atoms. The molecule has 0 atom stereocenters. The van der Waals surface area contributed by atoms with Crippen molar-refractivity contribution in [2.45, 2.75) is 20.8 Å². The highest BCUT2D eigenvalue weighted by Crippen LogP contribution is 2.20. The molecule has 0 unspecified atom stereocenters. The van der Waals surface area contributed by atoms with Crippen LogP contribution in [0.3, 0.4) is 0 Å². The van der Waals surface area contributed by atoms with Gasteiger partial charge in [0, 0.05) is 27.5 Å². The van der Waals surface area contributed by atoms with Crippen molar-refractivity contribution in [2.24, 2.45) is 5.41 Å². The van der Waals surface area contributed by atoms with Gasteiger partial charge in [-0.25, -0.2) is 0 Å². The van der Waals surface area contributed by atoms with Gasteiger partial charge in [-0.3, -0.25) is 9.59 Å². The van der Waals surface area contributed by atoms with Crippen molar-refractivity contribution >= 4 is 28.3 Å². The molecule has 0 fully saturated rings. The Balaban J connectivity index is 2.72. The number of Topliss-reactive ketones (excluding diaryl/α,β-unsaturated/α-hetero) is 1. The van der Waals surface area contributed by atoms with Crippen LogP contribution in [0.25, 0.3) is 10.9 Å². The number of hydrogen-bond acceptors (Lipinski definition) is 2. The lowest BCUT2D eigenvalue weighted by molar-refractivity contribution is 0.0857. The molecule has 1 aromatic heterocycles. The Kier molecular flexibility index (Phi) is 3.03. The number of carbonyl (C=O) groups excluding carboxylic acids is 1. The van der Waals surface area contributed by atoms with Crippen LogP contribution in [0.4, 0.5) is 0 Å². The normalized spacial score (nSPS) is 11.8. The minimum Gasteiger partial charge on any atom is -0.360 e. The van der Waals surface area contributed by atoms with E-state index in [2.05, 4.69) is 4.98 Å². The van der Waals surface area contributed by atoms with Crippen molar-refractivity contribution in [3.63, 3.8) is 0 Å². The fraction of sp³-hybridized carbons (Fsp3) is 0.286. The Morgan fingerprint density at radius 2 is 1.94 bits per heavy atom. The molecule has 0 aliphatic rings. The van der Waals surface area contributed by atoms with E-state index in [1.807, 2.05) is 0 Å². The molecule has 4 heteroatoms. The van der Waals surface area contributed by atoms with Crippen molar-refractivity contribution in [2.75, 3.05) is 0 Å². The number of nitrogens with one attached hydrogen (secondary N) is 1. The second kappa shape index (κ2) is 4.25. The van der Waals surface area contributed by atoms with Gasteiger partial charge in [-0.05, 0) is 18.2 Å². The van der Waals surface area contributed by atoms with Gasteiger partial charge in [0.1, 0.15) is 0 Å². The molecule has 0 saturated carbocycles. The summed E-state index contributed by atoms with van der Waals surface area (Å²) in [5.74, 6) is -0.175. The summed E-state index contributed by atoms with van der Waals surface area (Å²) in [6.45, 7) is 5.37. The summed E-state index contributed by atoms with van der Waals surface area (Å²) in [6, 6.07) is 5.00. The standard InChI is InChI=1S/C14H14ClNO2/c1-14(2,3)13(18)10-7-16-11-5-4-8(15)6-9(11)12(10)17/h4-7H,1-3H3,(H,16,17). The molecule has 0 radical (unpaired) electrons. The molecular formula is C14H14ClNO2. The fourth-order valence-corrected chi connectivity index (χ4v) is 1.94. The molecular weight excluding hydrogens is 250 g/mol. The maximum absolute atomic E-state index is 12.3.